The Hall–Kier alpha value is -2.67. The zero-order valence-electron chi connectivity index (χ0n) is 19.7. The molecule has 1 aliphatic rings. The molecule has 2 aromatic carbocycles. The number of aromatic nitrogens is 2. The minimum absolute atomic E-state index is 0.374. The molecule has 0 saturated heterocycles. The van der Waals surface area contributed by atoms with Crippen LogP contribution in [-0.2, 0) is 11.3 Å². The largest absolute Gasteiger partial charge is 0.439 e. The van der Waals surface area contributed by atoms with Crippen molar-refractivity contribution in [3.63, 3.8) is 0 Å². The van der Waals surface area contributed by atoms with Crippen molar-refractivity contribution in [2.45, 2.75) is 58.2 Å². The summed E-state index contributed by atoms with van der Waals surface area (Å²) < 4.78 is 13.9. The lowest BCUT2D eigenvalue weighted by Gasteiger charge is -2.25. The number of hydrogen-bond donors (Lipinski definition) is 1. The first kappa shape index (κ1) is 23.5. The molecule has 0 unspecified atom stereocenters. The summed E-state index contributed by atoms with van der Waals surface area (Å²) in [5.74, 6) is 1.50. The Bertz CT molecular complexity index is 987. The number of para-hydroxylation sites is 2. The minimum atomic E-state index is -0.509. The van der Waals surface area contributed by atoms with Crippen LogP contribution in [0.2, 0.25) is 0 Å². The fourth-order valence-electron chi connectivity index (χ4n) is 3.94. The van der Waals surface area contributed by atoms with E-state index in [0.29, 0.717) is 32.3 Å². The van der Waals surface area contributed by atoms with E-state index in [0.717, 1.165) is 54.3 Å². The van der Waals surface area contributed by atoms with E-state index in [-0.39, 0.29) is 0 Å². The van der Waals surface area contributed by atoms with E-state index < -0.39 is 6.10 Å². The third kappa shape index (κ3) is 6.44. The number of rotatable bonds is 13. The van der Waals surface area contributed by atoms with E-state index in [1.54, 1.807) is 0 Å². The van der Waals surface area contributed by atoms with Crippen molar-refractivity contribution in [3.05, 3.63) is 71.9 Å². The van der Waals surface area contributed by atoms with Crippen LogP contribution in [0.5, 0.6) is 11.6 Å². The van der Waals surface area contributed by atoms with Crippen LogP contribution < -0.4 is 4.74 Å². The highest BCUT2D eigenvalue weighted by Crippen LogP contribution is 2.35. The summed E-state index contributed by atoms with van der Waals surface area (Å²) in [4.78, 5) is 2.35. The van der Waals surface area contributed by atoms with E-state index in [9.17, 15) is 5.11 Å². The number of nitrogens with zero attached hydrogens (tertiary/aromatic N) is 3. The smallest absolute Gasteiger partial charge is 0.227 e. The molecule has 4 rings (SSSR count). The summed E-state index contributed by atoms with van der Waals surface area (Å²) in [6.45, 7) is 6.51. The Labute approximate surface area is 196 Å². The summed E-state index contributed by atoms with van der Waals surface area (Å²) in [7, 11) is 0. The average molecular weight is 450 g/mol. The summed E-state index contributed by atoms with van der Waals surface area (Å²) >= 11 is 0. The summed E-state index contributed by atoms with van der Waals surface area (Å²) in [6, 6.07) is 20.4. The molecule has 1 atom stereocenters. The van der Waals surface area contributed by atoms with Crippen molar-refractivity contribution in [3.8, 4) is 17.3 Å². The molecule has 0 spiro atoms. The van der Waals surface area contributed by atoms with Gasteiger partial charge in [0.2, 0.25) is 5.88 Å². The number of aliphatic hydroxyl groups excluding tert-OH is 1. The molecular weight excluding hydrogens is 414 g/mol. The maximum absolute atomic E-state index is 10.6. The summed E-state index contributed by atoms with van der Waals surface area (Å²) in [5, 5.41) is 15.4. The Morgan fingerprint density at radius 3 is 2.45 bits per heavy atom. The van der Waals surface area contributed by atoms with Gasteiger partial charge in [0.25, 0.3) is 0 Å². The van der Waals surface area contributed by atoms with Gasteiger partial charge in [0.1, 0.15) is 5.75 Å². The van der Waals surface area contributed by atoms with E-state index >= 15 is 0 Å². The molecule has 1 fully saturated rings. The second kappa shape index (κ2) is 11.5. The molecule has 0 aliphatic heterocycles. The molecule has 6 heteroatoms. The van der Waals surface area contributed by atoms with Gasteiger partial charge in [-0.25, -0.2) is 4.68 Å². The molecule has 33 heavy (non-hydrogen) atoms. The van der Waals surface area contributed by atoms with Crippen molar-refractivity contribution in [1.82, 2.24) is 14.7 Å². The molecule has 1 heterocycles. The van der Waals surface area contributed by atoms with E-state index in [2.05, 4.69) is 11.8 Å². The Kier molecular flexibility index (Phi) is 8.15. The molecular formula is C27H35N3O3. The van der Waals surface area contributed by atoms with Crippen LogP contribution in [0.1, 0.15) is 43.9 Å². The molecule has 1 aliphatic carbocycles. The maximum atomic E-state index is 10.6. The van der Waals surface area contributed by atoms with Crippen molar-refractivity contribution in [1.29, 1.82) is 0 Å². The minimum Gasteiger partial charge on any atom is -0.439 e. The lowest BCUT2D eigenvalue weighted by Crippen LogP contribution is -2.36. The topological polar surface area (TPSA) is 59.8 Å². The highest BCUT2D eigenvalue weighted by atomic mass is 16.5. The molecule has 6 nitrogen and oxygen atoms in total. The predicted molar refractivity (Wildman–Crippen MR) is 130 cm³/mol. The zero-order chi connectivity index (χ0) is 23.0. The molecule has 3 aromatic rings. The quantitative estimate of drug-likeness (QED) is 0.367. The van der Waals surface area contributed by atoms with Gasteiger partial charge < -0.3 is 14.6 Å². The van der Waals surface area contributed by atoms with Crippen LogP contribution >= 0.6 is 0 Å². The van der Waals surface area contributed by atoms with Gasteiger partial charge in [-0.2, -0.15) is 5.10 Å². The number of ether oxygens (including phenoxy) is 2. The number of unbranched alkanes of at least 4 members (excludes halogenated alkanes) is 1. The van der Waals surface area contributed by atoms with E-state index in [1.165, 1.54) is 0 Å². The van der Waals surface area contributed by atoms with Crippen LogP contribution in [0.25, 0.3) is 5.69 Å². The number of aliphatic hydroxyl groups is 1. The number of benzene rings is 2. The van der Waals surface area contributed by atoms with E-state index in [4.69, 9.17) is 14.6 Å². The first-order valence-electron chi connectivity index (χ1n) is 12.0. The first-order valence-corrected chi connectivity index (χ1v) is 12.0. The van der Waals surface area contributed by atoms with Crippen LogP contribution in [0, 0.1) is 6.92 Å². The maximum Gasteiger partial charge on any atom is 0.227 e. The van der Waals surface area contributed by atoms with Crippen LogP contribution in [-0.4, -0.2) is 51.7 Å². The molecule has 176 valence electrons. The highest BCUT2D eigenvalue weighted by Gasteiger charge is 2.32. The van der Waals surface area contributed by atoms with Gasteiger partial charge in [0.15, 0.2) is 0 Å². The molecule has 1 aromatic heterocycles. The molecule has 0 radical (unpaired) electrons. The Balaban J connectivity index is 1.57. The fourth-order valence-corrected chi connectivity index (χ4v) is 3.94. The van der Waals surface area contributed by atoms with Crippen LogP contribution in [0.3, 0.4) is 0 Å². The SMILES string of the molecule is CCCCOC[C@H](O)CN(Cc1c(C)nn(-c2ccccc2)c1Oc1ccccc1)C1CC1. The Morgan fingerprint density at radius 2 is 1.79 bits per heavy atom. The summed E-state index contributed by atoms with van der Waals surface area (Å²) in [5.41, 5.74) is 2.94. The highest BCUT2D eigenvalue weighted by molar-refractivity contribution is 5.43. The van der Waals surface area contributed by atoms with Crippen LogP contribution in [0.4, 0.5) is 0 Å². The zero-order valence-corrected chi connectivity index (χ0v) is 19.7. The standard InChI is InChI=1S/C27H35N3O3/c1-3-4-17-32-20-24(31)18-29(22-15-16-22)19-26-21(2)28-30(23-11-7-5-8-12-23)27(26)33-25-13-9-6-10-14-25/h5-14,22,24,31H,3-4,15-20H2,1-2H3/t24-/m1/s1. The third-order valence-corrected chi connectivity index (χ3v) is 5.92. The van der Waals surface area contributed by atoms with Gasteiger partial charge in [-0.3, -0.25) is 4.90 Å². The number of aryl methyl sites for hydroxylation is 1. The summed E-state index contributed by atoms with van der Waals surface area (Å²) in [6.07, 6.45) is 3.93. The van der Waals surface area contributed by atoms with Gasteiger partial charge in [-0.05, 0) is 50.5 Å². The first-order chi connectivity index (χ1) is 16.2. The van der Waals surface area contributed by atoms with Crippen LogP contribution in [0.15, 0.2) is 60.7 Å². The number of hydrogen-bond acceptors (Lipinski definition) is 5. The molecule has 1 saturated carbocycles. The molecule has 1 N–H and O–H groups in total. The van der Waals surface area contributed by atoms with Crippen molar-refractivity contribution < 1.29 is 14.6 Å². The molecule has 0 bridgehead atoms. The van der Waals surface area contributed by atoms with Crippen molar-refractivity contribution in [2.75, 3.05) is 19.8 Å². The average Bonchev–Trinajstić information content (AvgIpc) is 3.64. The third-order valence-electron chi connectivity index (χ3n) is 5.92. The lowest BCUT2D eigenvalue weighted by atomic mass is 10.2. The second-order valence-electron chi connectivity index (χ2n) is 8.77. The second-order valence-corrected chi connectivity index (χ2v) is 8.77. The van der Waals surface area contributed by atoms with E-state index in [1.807, 2.05) is 72.3 Å². The molecule has 0 amide bonds. The van der Waals surface area contributed by atoms with Gasteiger partial charge in [-0.15, -0.1) is 0 Å². The monoisotopic (exact) mass is 449 g/mol. The predicted octanol–water partition coefficient (Wildman–Crippen LogP) is 5.12. The van der Waals surface area contributed by atoms with Gasteiger partial charge in [-0.1, -0.05) is 49.7 Å². The lowest BCUT2D eigenvalue weighted by molar-refractivity contribution is 0.0127. The Morgan fingerprint density at radius 1 is 1.09 bits per heavy atom. The van der Waals surface area contributed by atoms with Crippen molar-refractivity contribution >= 4 is 0 Å². The van der Waals surface area contributed by atoms with Gasteiger partial charge in [0.05, 0.1) is 29.7 Å². The fraction of sp³-hybridized carbons (Fsp3) is 0.444. The van der Waals surface area contributed by atoms with Crippen molar-refractivity contribution in [2.24, 2.45) is 0 Å². The van der Waals surface area contributed by atoms with Gasteiger partial charge in [0, 0.05) is 25.7 Å². The normalized spacial score (nSPS) is 14.5. The van der Waals surface area contributed by atoms with Gasteiger partial charge >= 0.3 is 0 Å².